The second-order valence-corrected chi connectivity index (χ2v) is 5.45. The molecular formula is C15H22ClN7. The van der Waals surface area contributed by atoms with Gasteiger partial charge < -0.3 is 21.5 Å². The molecule has 0 amide bonds. The van der Waals surface area contributed by atoms with Crippen LogP contribution < -0.4 is 22.6 Å². The van der Waals surface area contributed by atoms with Gasteiger partial charge in [-0.2, -0.15) is 0 Å². The van der Waals surface area contributed by atoms with Crippen LogP contribution in [0.5, 0.6) is 0 Å². The number of aryl methyl sites for hydroxylation is 3. The quantitative estimate of drug-likeness (QED) is 0.223. The molecule has 2 aromatic rings. The van der Waals surface area contributed by atoms with Crippen molar-refractivity contribution >= 4 is 11.5 Å². The van der Waals surface area contributed by atoms with Crippen molar-refractivity contribution in [3.8, 4) is 0 Å². The Morgan fingerprint density at radius 3 is 2.17 bits per heavy atom. The molecule has 0 N–H and O–H groups in total. The molecule has 8 heteroatoms. The van der Waals surface area contributed by atoms with E-state index in [1.165, 1.54) is 0 Å². The monoisotopic (exact) mass is 335 g/mol. The Morgan fingerprint density at radius 2 is 1.65 bits per heavy atom. The normalized spacial score (nSPS) is 11.8. The molecule has 0 unspecified atom stereocenters. The molecule has 0 fully saturated rings. The maximum atomic E-state index is 4.27. The van der Waals surface area contributed by atoms with Crippen LogP contribution >= 0.6 is 0 Å². The van der Waals surface area contributed by atoms with E-state index in [9.17, 15) is 0 Å². The van der Waals surface area contributed by atoms with Gasteiger partial charge >= 0.3 is 0 Å². The Morgan fingerprint density at radius 1 is 1.09 bits per heavy atom. The first-order valence-electron chi connectivity index (χ1n) is 7.14. The lowest BCUT2D eigenvalue weighted by atomic mass is 10.2. The first-order valence-corrected chi connectivity index (χ1v) is 7.14. The molecule has 23 heavy (non-hydrogen) atoms. The lowest BCUT2D eigenvalue weighted by Gasteiger charge is -2.00. The number of imidazole rings is 1. The van der Waals surface area contributed by atoms with Crippen molar-refractivity contribution in [1.82, 2.24) is 9.13 Å². The molecule has 2 rings (SSSR count). The summed E-state index contributed by atoms with van der Waals surface area (Å²) < 4.78 is 5.74. The summed E-state index contributed by atoms with van der Waals surface area (Å²) in [6, 6.07) is 3.80. The molecule has 2 aromatic heterocycles. The minimum absolute atomic E-state index is 0. The largest absolute Gasteiger partial charge is 1.00 e. The number of nitrogens with zero attached hydrogens (tertiary/aromatic N) is 7. The molecular weight excluding hydrogens is 314 g/mol. The fourth-order valence-electron chi connectivity index (χ4n) is 1.74. The van der Waals surface area contributed by atoms with Crippen molar-refractivity contribution in [3.63, 3.8) is 0 Å². The van der Waals surface area contributed by atoms with Gasteiger partial charge in [-0.25, -0.2) is 4.57 Å². The maximum absolute atomic E-state index is 4.27. The molecule has 7 nitrogen and oxygen atoms in total. The van der Waals surface area contributed by atoms with E-state index >= 15 is 0 Å². The summed E-state index contributed by atoms with van der Waals surface area (Å²) in [6.07, 6.45) is 7.70. The standard InChI is InChI=1S/C15H22N7.ClH/c1-12(2)14(17-16-13-6-8-20(3)9-7-13)18-19-15-21(4)10-11-22(15)5;/h6-12H,1-5H3;1H/q+1;/p-1. The first-order chi connectivity index (χ1) is 10.5. The van der Waals surface area contributed by atoms with Gasteiger partial charge in [0, 0.05) is 44.5 Å². The van der Waals surface area contributed by atoms with Crippen LogP contribution in [-0.4, -0.2) is 15.0 Å². The van der Waals surface area contributed by atoms with Gasteiger partial charge in [-0.15, -0.1) is 20.4 Å². The Bertz CT molecular complexity index is 728. The molecule has 124 valence electrons. The predicted molar refractivity (Wildman–Crippen MR) is 84.4 cm³/mol. The zero-order chi connectivity index (χ0) is 16.1. The maximum Gasteiger partial charge on any atom is 0.229 e. The number of amidine groups is 1. The van der Waals surface area contributed by atoms with E-state index in [1.54, 1.807) is 0 Å². The van der Waals surface area contributed by atoms with Crippen molar-refractivity contribution in [2.75, 3.05) is 0 Å². The number of hydrogen-bond donors (Lipinski definition) is 0. The first kappa shape index (κ1) is 18.8. The highest BCUT2D eigenvalue weighted by molar-refractivity contribution is 5.84. The van der Waals surface area contributed by atoms with E-state index in [1.807, 2.05) is 85.6 Å². The fourth-order valence-corrected chi connectivity index (χ4v) is 1.74. The summed E-state index contributed by atoms with van der Waals surface area (Å²) >= 11 is 0. The van der Waals surface area contributed by atoms with Crippen molar-refractivity contribution in [1.29, 1.82) is 0 Å². The predicted octanol–water partition coefficient (Wildman–Crippen LogP) is -1.15. The SMILES string of the molecule is CC(C)C(N=Nc1cc[n+](C)cc1)=NN=c1n(C)ccn1C.[Cl-]. The molecule has 0 radical (unpaired) electrons. The second-order valence-electron chi connectivity index (χ2n) is 5.45. The van der Waals surface area contributed by atoms with Crippen molar-refractivity contribution < 1.29 is 17.0 Å². The number of aromatic nitrogens is 3. The highest BCUT2D eigenvalue weighted by Crippen LogP contribution is 2.10. The average molecular weight is 336 g/mol. The third kappa shape index (κ3) is 5.14. The van der Waals surface area contributed by atoms with E-state index < -0.39 is 0 Å². The molecule has 0 aliphatic rings. The average Bonchev–Trinajstić information content (AvgIpc) is 2.80. The Labute approximate surface area is 142 Å². The zero-order valence-corrected chi connectivity index (χ0v) is 14.8. The van der Waals surface area contributed by atoms with Gasteiger partial charge in [-0.05, 0) is 0 Å². The van der Waals surface area contributed by atoms with Gasteiger partial charge in [0.05, 0.1) is 5.69 Å². The van der Waals surface area contributed by atoms with E-state index in [2.05, 4.69) is 20.4 Å². The number of azo groups is 1. The number of rotatable bonds is 3. The summed E-state index contributed by atoms with van der Waals surface area (Å²) in [4.78, 5) is 0. The summed E-state index contributed by atoms with van der Waals surface area (Å²) in [5.74, 6) is 0.729. The van der Waals surface area contributed by atoms with E-state index in [4.69, 9.17) is 0 Å². The Balaban J connectivity index is 0.00000264. The summed E-state index contributed by atoms with van der Waals surface area (Å²) in [5, 5.41) is 17.0. The van der Waals surface area contributed by atoms with Crippen LogP contribution in [0.4, 0.5) is 5.69 Å². The molecule has 0 saturated heterocycles. The van der Waals surface area contributed by atoms with Crippen LogP contribution in [0.2, 0.25) is 0 Å². The van der Waals surface area contributed by atoms with Crippen molar-refractivity contribution in [3.05, 3.63) is 42.5 Å². The van der Waals surface area contributed by atoms with E-state index in [-0.39, 0.29) is 18.3 Å². The molecule has 0 bridgehead atoms. The van der Waals surface area contributed by atoms with E-state index in [0.29, 0.717) is 5.84 Å². The van der Waals surface area contributed by atoms with Crippen LogP contribution in [-0.2, 0) is 21.1 Å². The molecule has 0 atom stereocenters. The van der Waals surface area contributed by atoms with Crippen LogP contribution in [0.25, 0.3) is 0 Å². The van der Waals surface area contributed by atoms with Gasteiger partial charge in [0.1, 0.15) is 7.05 Å². The zero-order valence-electron chi connectivity index (χ0n) is 14.0. The van der Waals surface area contributed by atoms with Crippen molar-refractivity contribution in [2.24, 2.45) is 47.5 Å². The van der Waals surface area contributed by atoms with Gasteiger partial charge in [-0.1, -0.05) is 13.8 Å². The minimum atomic E-state index is 0. The summed E-state index contributed by atoms with van der Waals surface area (Å²) in [5.41, 5.74) is 1.54. The van der Waals surface area contributed by atoms with Gasteiger partial charge in [0.2, 0.25) is 5.62 Å². The lowest BCUT2D eigenvalue weighted by molar-refractivity contribution is -0.671. The van der Waals surface area contributed by atoms with Crippen LogP contribution in [0.3, 0.4) is 0 Å². The third-order valence-electron chi connectivity index (χ3n) is 3.13. The molecule has 0 aliphatic carbocycles. The number of pyridine rings is 1. The molecule has 2 heterocycles. The van der Waals surface area contributed by atoms with Crippen molar-refractivity contribution in [2.45, 2.75) is 13.8 Å². The Hall–Kier alpha value is -2.28. The fraction of sp³-hybridized carbons (Fsp3) is 0.400. The topological polar surface area (TPSA) is 63.2 Å². The lowest BCUT2D eigenvalue weighted by Crippen LogP contribution is -3.00. The van der Waals surface area contributed by atoms with Crippen LogP contribution in [0, 0.1) is 5.92 Å². The molecule has 0 aliphatic heterocycles. The third-order valence-corrected chi connectivity index (χ3v) is 3.13. The van der Waals surface area contributed by atoms with Crippen LogP contribution in [0.15, 0.2) is 57.4 Å². The molecule has 0 aromatic carbocycles. The minimum Gasteiger partial charge on any atom is -1.00 e. The van der Waals surface area contributed by atoms with Gasteiger partial charge in [-0.3, -0.25) is 0 Å². The number of hydrogen-bond acceptors (Lipinski definition) is 3. The van der Waals surface area contributed by atoms with E-state index in [0.717, 1.165) is 11.3 Å². The molecule has 0 saturated carbocycles. The Kier molecular flexibility index (Phi) is 6.84. The highest BCUT2D eigenvalue weighted by atomic mass is 35.5. The summed E-state index contributed by atoms with van der Waals surface area (Å²) in [7, 11) is 5.81. The second kappa shape index (κ2) is 8.38. The molecule has 0 spiro atoms. The smallest absolute Gasteiger partial charge is 0.229 e. The highest BCUT2D eigenvalue weighted by Gasteiger charge is 2.04. The van der Waals surface area contributed by atoms with Gasteiger partial charge in [0.15, 0.2) is 18.2 Å². The summed E-state index contributed by atoms with van der Waals surface area (Å²) in [6.45, 7) is 4.03. The van der Waals surface area contributed by atoms with Crippen LogP contribution in [0.1, 0.15) is 13.8 Å². The van der Waals surface area contributed by atoms with Gasteiger partial charge in [0.25, 0.3) is 0 Å². The number of halogens is 1.